The average molecular weight is 219 g/mol. The van der Waals surface area contributed by atoms with Crippen molar-refractivity contribution in [2.24, 2.45) is 0 Å². The fraction of sp³-hybridized carbons (Fsp3) is 0.0909. The summed E-state index contributed by atoms with van der Waals surface area (Å²) in [5.74, 6) is -0.422. The molecule has 2 N–H and O–H groups in total. The normalized spacial score (nSPS) is 10.3. The van der Waals surface area contributed by atoms with Crippen LogP contribution < -0.4 is 11.3 Å². The molecule has 0 saturated carbocycles. The van der Waals surface area contributed by atoms with Gasteiger partial charge in [0, 0.05) is 12.4 Å². The van der Waals surface area contributed by atoms with Crippen LogP contribution in [0.25, 0.3) is 0 Å². The molecule has 0 amide bonds. The molecule has 0 aromatic carbocycles. The lowest BCUT2D eigenvalue weighted by molar-refractivity contribution is 0.615. The molecule has 0 atom stereocenters. The molecule has 0 spiro atoms. The summed E-state index contributed by atoms with van der Waals surface area (Å²) in [7, 11) is 0. The van der Waals surface area contributed by atoms with E-state index in [1.165, 1.54) is 22.9 Å². The number of anilines is 1. The molecule has 0 unspecified atom stereocenters. The summed E-state index contributed by atoms with van der Waals surface area (Å²) in [5, 5.41) is 0. The van der Waals surface area contributed by atoms with E-state index < -0.39 is 5.82 Å². The van der Waals surface area contributed by atoms with Gasteiger partial charge in [0.2, 0.25) is 0 Å². The minimum absolute atomic E-state index is 0.173. The van der Waals surface area contributed by atoms with Crippen molar-refractivity contribution in [1.82, 2.24) is 9.55 Å². The number of nitrogens with two attached hydrogens (primary N) is 1. The minimum Gasteiger partial charge on any atom is -0.394 e. The molecule has 0 fully saturated rings. The second-order valence-electron chi connectivity index (χ2n) is 3.41. The maximum atomic E-state index is 12.9. The highest BCUT2D eigenvalue weighted by atomic mass is 19.1. The highest BCUT2D eigenvalue weighted by Crippen LogP contribution is 2.03. The molecule has 16 heavy (non-hydrogen) atoms. The zero-order valence-corrected chi connectivity index (χ0v) is 8.43. The van der Waals surface area contributed by atoms with Crippen molar-refractivity contribution in [3.05, 3.63) is 58.5 Å². The van der Waals surface area contributed by atoms with Gasteiger partial charge in [-0.3, -0.25) is 9.78 Å². The lowest BCUT2D eigenvalue weighted by Gasteiger charge is -2.05. The standard InChI is InChI=1S/C11H10FN3O/c12-9-4-8(5-14-6-9)7-15-3-1-2-10(13)11(15)16/h1-6H,7,13H2. The Kier molecular flexibility index (Phi) is 2.68. The van der Waals surface area contributed by atoms with E-state index in [0.717, 1.165) is 6.20 Å². The van der Waals surface area contributed by atoms with E-state index in [0.29, 0.717) is 5.56 Å². The van der Waals surface area contributed by atoms with E-state index in [1.807, 2.05) is 0 Å². The first-order valence-electron chi connectivity index (χ1n) is 4.71. The molecular weight excluding hydrogens is 209 g/mol. The van der Waals surface area contributed by atoms with Gasteiger partial charge in [0.1, 0.15) is 5.82 Å². The highest BCUT2D eigenvalue weighted by Gasteiger charge is 2.01. The lowest BCUT2D eigenvalue weighted by atomic mass is 10.2. The molecule has 2 heterocycles. The topological polar surface area (TPSA) is 60.9 Å². The van der Waals surface area contributed by atoms with Gasteiger partial charge in [-0.1, -0.05) is 0 Å². The van der Waals surface area contributed by atoms with E-state index in [4.69, 9.17) is 5.73 Å². The first-order valence-corrected chi connectivity index (χ1v) is 4.71. The largest absolute Gasteiger partial charge is 0.394 e. The summed E-state index contributed by atoms with van der Waals surface area (Å²) in [6.45, 7) is 0.259. The van der Waals surface area contributed by atoms with Gasteiger partial charge < -0.3 is 10.3 Å². The number of rotatable bonds is 2. The van der Waals surface area contributed by atoms with Crippen LogP contribution in [0.15, 0.2) is 41.6 Å². The third kappa shape index (κ3) is 2.08. The van der Waals surface area contributed by atoms with Crippen molar-refractivity contribution in [1.29, 1.82) is 0 Å². The first kappa shape index (κ1) is 10.4. The van der Waals surface area contributed by atoms with Crippen molar-refractivity contribution < 1.29 is 4.39 Å². The third-order valence-electron chi connectivity index (χ3n) is 2.16. The fourth-order valence-electron chi connectivity index (χ4n) is 1.42. The van der Waals surface area contributed by atoms with Crippen molar-refractivity contribution in [3.63, 3.8) is 0 Å². The molecule has 2 aromatic rings. The first-order chi connectivity index (χ1) is 7.66. The molecule has 2 rings (SSSR count). The Morgan fingerprint density at radius 2 is 2.25 bits per heavy atom. The summed E-state index contributed by atoms with van der Waals surface area (Å²) < 4.78 is 14.3. The second kappa shape index (κ2) is 4.14. The zero-order chi connectivity index (χ0) is 11.5. The molecule has 82 valence electrons. The quantitative estimate of drug-likeness (QED) is 0.820. The highest BCUT2D eigenvalue weighted by molar-refractivity contribution is 5.33. The van der Waals surface area contributed by atoms with Crippen molar-refractivity contribution in [3.8, 4) is 0 Å². The Morgan fingerprint density at radius 1 is 1.44 bits per heavy atom. The summed E-state index contributed by atoms with van der Waals surface area (Å²) in [6, 6.07) is 4.54. The molecule has 0 saturated heterocycles. The molecule has 4 nitrogen and oxygen atoms in total. The van der Waals surface area contributed by atoms with Crippen LogP contribution in [-0.4, -0.2) is 9.55 Å². The van der Waals surface area contributed by atoms with E-state index in [9.17, 15) is 9.18 Å². The van der Waals surface area contributed by atoms with Crippen LogP contribution in [-0.2, 0) is 6.54 Å². The van der Waals surface area contributed by atoms with E-state index >= 15 is 0 Å². The smallest absolute Gasteiger partial charge is 0.273 e. The predicted molar refractivity (Wildman–Crippen MR) is 58.4 cm³/mol. The van der Waals surface area contributed by atoms with Gasteiger partial charge >= 0.3 is 0 Å². The van der Waals surface area contributed by atoms with Crippen LogP contribution in [0, 0.1) is 5.82 Å². The fourth-order valence-corrected chi connectivity index (χ4v) is 1.42. The van der Waals surface area contributed by atoms with Crippen molar-refractivity contribution in [2.45, 2.75) is 6.54 Å². The Hall–Kier alpha value is -2.17. The number of nitrogens with zero attached hydrogens (tertiary/aromatic N) is 2. The van der Waals surface area contributed by atoms with Crippen LogP contribution in [0.1, 0.15) is 5.56 Å². The SMILES string of the molecule is Nc1cccn(Cc2cncc(F)c2)c1=O. The number of hydrogen-bond donors (Lipinski definition) is 1. The maximum Gasteiger partial charge on any atom is 0.273 e. The summed E-state index contributed by atoms with van der Waals surface area (Å²) >= 11 is 0. The Morgan fingerprint density at radius 3 is 3.00 bits per heavy atom. The molecule has 0 bridgehead atoms. The van der Waals surface area contributed by atoms with E-state index in [2.05, 4.69) is 4.98 Å². The molecule has 0 aliphatic heterocycles. The van der Waals surface area contributed by atoms with Gasteiger partial charge in [0.25, 0.3) is 5.56 Å². The molecule has 0 radical (unpaired) electrons. The summed E-state index contributed by atoms with van der Waals surface area (Å²) in [5.41, 5.74) is 5.99. The average Bonchev–Trinajstić information content (AvgIpc) is 2.25. The number of aromatic nitrogens is 2. The molecule has 2 aromatic heterocycles. The summed E-state index contributed by atoms with van der Waals surface area (Å²) in [6.07, 6.45) is 4.23. The summed E-state index contributed by atoms with van der Waals surface area (Å²) in [4.78, 5) is 15.3. The van der Waals surface area contributed by atoms with Gasteiger partial charge in [-0.05, 0) is 23.8 Å². The molecular formula is C11H10FN3O. The monoisotopic (exact) mass is 219 g/mol. The van der Waals surface area contributed by atoms with Gasteiger partial charge in [0.05, 0.1) is 18.4 Å². The third-order valence-corrected chi connectivity index (χ3v) is 2.16. The van der Waals surface area contributed by atoms with Crippen LogP contribution in [0.2, 0.25) is 0 Å². The molecule has 5 heteroatoms. The second-order valence-corrected chi connectivity index (χ2v) is 3.41. The number of nitrogen functional groups attached to an aromatic ring is 1. The zero-order valence-electron chi connectivity index (χ0n) is 8.43. The Balaban J connectivity index is 2.34. The Bertz CT molecular complexity index is 565. The Labute approximate surface area is 91.2 Å². The van der Waals surface area contributed by atoms with Gasteiger partial charge in [0.15, 0.2) is 0 Å². The van der Waals surface area contributed by atoms with Crippen molar-refractivity contribution >= 4 is 5.69 Å². The van der Waals surface area contributed by atoms with Crippen LogP contribution in [0.3, 0.4) is 0 Å². The number of hydrogen-bond acceptors (Lipinski definition) is 3. The van der Waals surface area contributed by atoms with Gasteiger partial charge in [-0.15, -0.1) is 0 Å². The van der Waals surface area contributed by atoms with Crippen LogP contribution in [0.4, 0.5) is 10.1 Å². The van der Waals surface area contributed by atoms with Crippen LogP contribution in [0.5, 0.6) is 0 Å². The van der Waals surface area contributed by atoms with E-state index in [1.54, 1.807) is 12.3 Å². The van der Waals surface area contributed by atoms with Crippen LogP contribution >= 0.6 is 0 Å². The van der Waals surface area contributed by atoms with Gasteiger partial charge in [-0.25, -0.2) is 4.39 Å². The predicted octanol–water partition coefficient (Wildman–Crippen LogP) is 1.01. The van der Waals surface area contributed by atoms with Crippen molar-refractivity contribution in [2.75, 3.05) is 5.73 Å². The maximum absolute atomic E-state index is 12.9. The number of halogens is 1. The van der Waals surface area contributed by atoms with E-state index in [-0.39, 0.29) is 17.8 Å². The molecule has 0 aliphatic rings. The lowest BCUT2D eigenvalue weighted by Crippen LogP contribution is -2.22. The minimum atomic E-state index is -0.422. The number of pyridine rings is 2. The van der Waals surface area contributed by atoms with Gasteiger partial charge in [-0.2, -0.15) is 0 Å². The molecule has 0 aliphatic carbocycles.